The third kappa shape index (κ3) is 7.85. The Morgan fingerprint density at radius 1 is 1.10 bits per heavy atom. The summed E-state index contributed by atoms with van der Waals surface area (Å²) >= 11 is 0. The van der Waals surface area contributed by atoms with Crippen molar-refractivity contribution < 1.29 is 32.3 Å². The highest BCUT2D eigenvalue weighted by Gasteiger charge is 2.30. The average molecular weight is 430 g/mol. The number of alkyl halides is 3. The monoisotopic (exact) mass is 430 g/mol. The summed E-state index contributed by atoms with van der Waals surface area (Å²) in [4.78, 5) is 18.9. The molecule has 0 aromatic heterocycles. The predicted octanol–water partition coefficient (Wildman–Crippen LogP) is 4.86. The van der Waals surface area contributed by atoms with E-state index in [1.54, 1.807) is 11.8 Å². The molecule has 2 rings (SSSR count). The molecule has 1 aliphatic heterocycles. The molecule has 30 heavy (non-hydrogen) atoms. The minimum absolute atomic E-state index is 0.0345. The van der Waals surface area contributed by atoms with Crippen molar-refractivity contribution in [2.75, 3.05) is 26.3 Å². The van der Waals surface area contributed by atoms with Crippen molar-refractivity contribution >= 4 is 11.8 Å². The molecule has 0 radical (unpaired) electrons. The van der Waals surface area contributed by atoms with Gasteiger partial charge in [0.1, 0.15) is 12.2 Å². The van der Waals surface area contributed by atoms with E-state index in [2.05, 4.69) is 5.16 Å². The molecular weight excluding hydrogens is 401 g/mol. The fourth-order valence-electron chi connectivity index (χ4n) is 2.88. The number of carbonyl (C=O) groups excluding carboxylic acids is 1. The SMILES string of the molecule is C/C(=N/OCCOC1CCN(C(=O)OC(C)(C)C)CC1)c1ccc(C(F)(F)F)cc1. The fourth-order valence-corrected chi connectivity index (χ4v) is 2.88. The lowest BCUT2D eigenvalue weighted by molar-refractivity contribution is -0.137. The second kappa shape index (κ2) is 10.1. The molecule has 1 aliphatic rings. The number of hydrogen-bond donors (Lipinski definition) is 0. The molecule has 0 saturated carbocycles. The molecule has 0 spiro atoms. The summed E-state index contributed by atoms with van der Waals surface area (Å²) in [6.45, 7) is 8.88. The maximum absolute atomic E-state index is 12.6. The fraction of sp³-hybridized carbons (Fsp3) is 0.619. The van der Waals surface area contributed by atoms with Crippen LogP contribution >= 0.6 is 0 Å². The van der Waals surface area contributed by atoms with Crippen molar-refractivity contribution in [2.24, 2.45) is 5.16 Å². The molecule has 168 valence electrons. The van der Waals surface area contributed by atoms with Gasteiger partial charge in [0, 0.05) is 13.1 Å². The predicted molar refractivity (Wildman–Crippen MR) is 106 cm³/mol. The molecule has 9 heteroatoms. The zero-order chi connectivity index (χ0) is 22.4. The van der Waals surface area contributed by atoms with E-state index in [1.165, 1.54) is 12.1 Å². The molecule has 0 aliphatic carbocycles. The van der Waals surface area contributed by atoms with Gasteiger partial charge in [-0.1, -0.05) is 17.3 Å². The highest BCUT2D eigenvalue weighted by Crippen LogP contribution is 2.29. The van der Waals surface area contributed by atoms with Crippen LogP contribution in [-0.4, -0.2) is 54.7 Å². The Bertz CT molecular complexity index is 719. The summed E-state index contributed by atoms with van der Waals surface area (Å²) in [6.07, 6.45) is -3.20. The average Bonchev–Trinajstić information content (AvgIpc) is 2.66. The molecule has 0 atom stereocenters. The topological polar surface area (TPSA) is 60.4 Å². The van der Waals surface area contributed by atoms with Crippen LogP contribution in [0, 0.1) is 0 Å². The van der Waals surface area contributed by atoms with Crippen LogP contribution in [-0.2, 0) is 20.5 Å². The van der Waals surface area contributed by atoms with Crippen LogP contribution in [0.2, 0.25) is 0 Å². The Labute approximate surface area is 175 Å². The van der Waals surface area contributed by atoms with Gasteiger partial charge in [0.25, 0.3) is 0 Å². The number of likely N-dealkylation sites (tertiary alicyclic amines) is 1. The second-order valence-electron chi connectivity index (χ2n) is 8.12. The van der Waals surface area contributed by atoms with Crippen molar-refractivity contribution in [3.63, 3.8) is 0 Å². The van der Waals surface area contributed by atoms with Crippen LogP contribution in [0.4, 0.5) is 18.0 Å². The number of carbonyl (C=O) groups is 1. The molecule has 6 nitrogen and oxygen atoms in total. The number of ether oxygens (including phenoxy) is 2. The largest absolute Gasteiger partial charge is 0.444 e. The van der Waals surface area contributed by atoms with Gasteiger partial charge in [-0.15, -0.1) is 0 Å². The van der Waals surface area contributed by atoms with Crippen LogP contribution in [0.3, 0.4) is 0 Å². The standard InChI is InChI=1S/C21H29F3N2O4/c1-15(16-5-7-17(8-6-16)21(22,23)24)25-29-14-13-28-18-9-11-26(12-10-18)19(27)30-20(2,3)4/h5-8,18H,9-14H2,1-4H3/b25-15-. The van der Waals surface area contributed by atoms with Gasteiger partial charge in [-0.2, -0.15) is 13.2 Å². The number of hydrogen-bond acceptors (Lipinski definition) is 5. The van der Waals surface area contributed by atoms with Gasteiger partial charge in [-0.3, -0.25) is 0 Å². The number of halogens is 3. The van der Waals surface area contributed by atoms with Crippen molar-refractivity contribution in [3.8, 4) is 0 Å². The number of nitrogens with zero attached hydrogens (tertiary/aromatic N) is 2. The number of amides is 1. The van der Waals surface area contributed by atoms with Gasteiger partial charge in [-0.05, 0) is 58.2 Å². The van der Waals surface area contributed by atoms with Crippen LogP contribution in [0.5, 0.6) is 0 Å². The third-order valence-electron chi connectivity index (χ3n) is 4.45. The van der Waals surface area contributed by atoms with Crippen molar-refractivity contribution in [1.82, 2.24) is 4.90 Å². The lowest BCUT2D eigenvalue weighted by Gasteiger charge is -2.33. The van der Waals surface area contributed by atoms with E-state index in [0.29, 0.717) is 43.8 Å². The van der Waals surface area contributed by atoms with E-state index in [1.807, 2.05) is 20.8 Å². The molecule has 0 unspecified atom stereocenters. The second-order valence-corrected chi connectivity index (χ2v) is 8.12. The van der Waals surface area contributed by atoms with Crippen LogP contribution in [0.1, 0.15) is 51.7 Å². The first-order valence-corrected chi connectivity index (χ1v) is 9.89. The third-order valence-corrected chi connectivity index (χ3v) is 4.45. The molecule has 0 bridgehead atoms. The van der Waals surface area contributed by atoms with Gasteiger partial charge in [0.05, 0.1) is 24.0 Å². The Hall–Kier alpha value is -2.29. The molecule has 1 aromatic carbocycles. The maximum Gasteiger partial charge on any atom is 0.416 e. The van der Waals surface area contributed by atoms with Gasteiger partial charge in [0.2, 0.25) is 0 Å². The van der Waals surface area contributed by atoms with Crippen LogP contribution < -0.4 is 0 Å². The summed E-state index contributed by atoms with van der Waals surface area (Å²) < 4.78 is 48.9. The number of benzene rings is 1. The maximum atomic E-state index is 12.6. The van der Waals surface area contributed by atoms with Crippen molar-refractivity contribution in [2.45, 2.75) is 58.4 Å². The minimum Gasteiger partial charge on any atom is -0.444 e. The normalized spacial score (nSPS) is 16.5. The van der Waals surface area contributed by atoms with Crippen LogP contribution in [0.25, 0.3) is 0 Å². The molecular formula is C21H29F3N2O4. The molecule has 1 aromatic rings. The minimum atomic E-state index is -4.36. The number of piperidine rings is 1. The van der Waals surface area contributed by atoms with Gasteiger partial charge in [0.15, 0.2) is 0 Å². The molecule has 1 amide bonds. The molecule has 0 N–H and O–H groups in total. The van der Waals surface area contributed by atoms with E-state index >= 15 is 0 Å². The van der Waals surface area contributed by atoms with Crippen molar-refractivity contribution in [3.05, 3.63) is 35.4 Å². The van der Waals surface area contributed by atoms with E-state index in [0.717, 1.165) is 12.1 Å². The number of rotatable bonds is 6. The Morgan fingerprint density at radius 2 is 1.70 bits per heavy atom. The van der Waals surface area contributed by atoms with E-state index in [4.69, 9.17) is 14.3 Å². The molecule has 1 heterocycles. The zero-order valence-corrected chi connectivity index (χ0v) is 17.8. The summed E-state index contributed by atoms with van der Waals surface area (Å²) in [6, 6.07) is 4.75. The Balaban J connectivity index is 1.66. The van der Waals surface area contributed by atoms with E-state index in [9.17, 15) is 18.0 Å². The first kappa shape index (κ1) is 24.0. The lowest BCUT2D eigenvalue weighted by atomic mass is 10.1. The van der Waals surface area contributed by atoms with E-state index in [-0.39, 0.29) is 18.8 Å². The highest BCUT2D eigenvalue weighted by molar-refractivity contribution is 5.98. The quantitative estimate of drug-likeness (QED) is 0.367. The number of oxime groups is 1. The Kier molecular flexibility index (Phi) is 8.11. The smallest absolute Gasteiger partial charge is 0.416 e. The molecule has 1 fully saturated rings. The Morgan fingerprint density at radius 3 is 2.23 bits per heavy atom. The molecule has 1 saturated heterocycles. The highest BCUT2D eigenvalue weighted by atomic mass is 19.4. The summed E-state index contributed by atoms with van der Waals surface area (Å²) in [5.41, 5.74) is -0.181. The lowest BCUT2D eigenvalue weighted by Crippen LogP contribution is -2.43. The summed E-state index contributed by atoms with van der Waals surface area (Å²) in [7, 11) is 0. The van der Waals surface area contributed by atoms with Gasteiger partial charge < -0.3 is 19.2 Å². The van der Waals surface area contributed by atoms with Crippen LogP contribution in [0.15, 0.2) is 29.4 Å². The first-order chi connectivity index (χ1) is 14.0. The van der Waals surface area contributed by atoms with Gasteiger partial charge in [-0.25, -0.2) is 4.79 Å². The van der Waals surface area contributed by atoms with E-state index < -0.39 is 17.3 Å². The zero-order valence-electron chi connectivity index (χ0n) is 17.8. The first-order valence-electron chi connectivity index (χ1n) is 9.89. The van der Waals surface area contributed by atoms with Crippen molar-refractivity contribution in [1.29, 1.82) is 0 Å². The summed E-state index contributed by atoms with van der Waals surface area (Å²) in [5, 5.41) is 3.92. The van der Waals surface area contributed by atoms with Gasteiger partial charge >= 0.3 is 12.3 Å². The summed E-state index contributed by atoms with van der Waals surface area (Å²) in [5.74, 6) is 0.